The molecule has 3 N–H and O–H groups in total. The maximum absolute atomic E-state index is 13.3. The number of carbonyl (C=O) groups excluding carboxylic acids is 1. The first-order valence-electron chi connectivity index (χ1n) is 5.59. The van der Waals surface area contributed by atoms with Crippen LogP contribution in [0.4, 0.5) is 4.39 Å². The highest BCUT2D eigenvalue weighted by Gasteiger charge is 2.15. The Bertz CT molecular complexity index is 595. The van der Waals surface area contributed by atoms with Gasteiger partial charge in [-0.25, -0.2) is 10.2 Å². The predicted molar refractivity (Wildman–Crippen MR) is 65.8 cm³/mol. The summed E-state index contributed by atoms with van der Waals surface area (Å²) in [6, 6.07) is 7.70. The quantitative estimate of drug-likeness (QED) is 0.502. The summed E-state index contributed by atoms with van der Waals surface area (Å²) in [6.07, 6.45) is 0. The van der Waals surface area contributed by atoms with E-state index in [1.165, 1.54) is 12.1 Å². The van der Waals surface area contributed by atoms with Crippen molar-refractivity contribution in [2.24, 2.45) is 5.84 Å². The van der Waals surface area contributed by atoms with E-state index in [9.17, 15) is 9.18 Å². The van der Waals surface area contributed by atoms with Gasteiger partial charge in [0.1, 0.15) is 12.4 Å². The maximum atomic E-state index is 13.3. The number of hydrogen-bond donors (Lipinski definition) is 2. The molecule has 100 valence electrons. The number of ether oxygens (including phenoxy) is 1. The molecule has 0 atom stereocenters. The molecule has 1 aromatic carbocycles. The number of nitrogen functional groups attached to an aromatic ring is 1. The second-order valence-electron chi connectivity index (χ2n) is 3.92. The van der Waals surface area contributed by atoms with E-state index in [4.69, 9.17) is 15.0 Å². The fraction of sp³-hybridized carbons (Fsp3) is 0.154. The van der Waals surface area contributed by atoms with Crippen molar-refractivity contribution in [2.75, 3.05) is 0 Å². The molecule has 5 nitrogen and oxygen atoms in total. The molecular weight excluding hydrogens is 251 g/mol. The number of amides is 1. The average Bonchev–Trinajstić information content (AvgIpc) is 2.78. The summed E-state index contributed by atoms with van der Waals surface area (Å²) in [5.74, 6) is 4.72. The van der Waals surface area contributed by atoms with Crippen LogP contribution in [-0.4, -0.2) is 5.91 Å². The number of rotatable bonds is 4. The molecule has 0 aliphatic heterocycles. The highest BCUT2D eigenvalue weighted by atomic mass is 19.1. The van der Waals surface area contributed by atoms with Crippen molar-refractivity contribution >= 4 is 5.91 Å². The van der Waals surface area contributed by atoms with Crippen molar-refractivity contribution in [3.8, 4) is 5.75 Å². The fourth-order valence-electron chi connectivity index (χ4n) is 1.62. The molecular formula is C13H13FN2O3. The Hall–Kier alpha value is -2.34. The molecule has 1 aromatic heterocycles. The minimum Gasteiger partial charge on any atom is -0.483 e. The van der Waals surface area contributed by atoms with Crippen LogP contribution in [0.1, 0.15) is 21.9 Å². The molecule has 0 aliphatic rings. The fourth-order valence-corrected chi connectivity index (χ4v) is 1.62. The molecule has 0 saturated carbocycles. The summed E-state index contributed by atoms with van der Waals surface area (Å²) in [4.78, 5) is 11.3. The van der Waals surface area contributed by atoms with Crippen molar-refractivity contribution in [1.82, 2.24) is 5.43 Å². The predicted octanol–water partition coefficient (Wildman–Crippen LogP) is 1.91. The van der Waals surface area contributed by atoms with E-state index in [0.717, 1.165) is 0 Å². The molecule has 2 rings (SSSR count). The molecule has 19 heavy (non-hydrogen) atoms. The van der Waals surface area contributed by atoms with E-state index in [-0.39, 0.29) is 18.1 Å². The number of benzene rings is 1. The van der Waals surface area contributed by atoms with Gasteiger partial charge in [0.2, 0.25) is 0 Å². The van der Waals surface area contributed by atoms with Gasteiger partial charge in [-0.1, -0.05) is 12.1 Å². The Labute approximate surface area is 109 Å². The maximum Gasteiger partial charge on any atom is 0.301 e. The Morgan fingerprint density at radius 2 is 2.21 bits per heavy atom. The standard InChI is InChI=1S/C13H13FN2O3/c1-8-6-9(19-12(8)13(17)16-15)7-18-11-5-3-2-4-10(11)14/h2-6H,7,15H2,1H3,(H,16,17). The van der Waals surface area contributed by atoms with E-state index < -0.39 is 11.7 Å². The van der Waals surface area contributed by atoms with Gasteiger partial charge in [-0.05, 0) is 25.1 Å². The highest BCUT2D eigenvalue weighted by Crippen LogP contribution is 2.19. The van der Waals surface area contributed by atoms with Crippen molar-refractivity contribution in [1.29, 1.82) is 0 Å². The van der Waals surface area contributed by atoms with Gasteiger partial charge >= 0.3 is 5.91 Å². The topological polar surface area (TPSA) is 77.5 Å². The number of aryl methyl sites for hydroxylation is 1. The molecule has 0 radical (unpaired) electrons. The zero-order valence-corrected chi connectivity index (χ0v) is 10.3. The third-order valence-corrected chi connectivity index (χ3v) is 2.51. The molecule has 2 aromatic rings. The molecule has 0 unspecified atom stereocenters. The van der Waals surface area contributed by atoms with Crippen LogP contribution in [0.5, 0.6) is 5.75 Å². The lowest BCUT2D eigenvalue weighted by Gasteiger charge is -2.04. The molecule has 0 aliphatic carbocycles. The van der Waals surface area contributed by atoms with E-state index in [2.05, 4.69) is 0 Å². The van der Waals surface area contributed by atoms with Crippen LogP contribution in [-0.2, 0) is 6.61 Å². The first-order valence-corrected chi connectivity index (χ1v) is 5.59. The summed E-state index contributed by atoms with van der Waals surface area (Å²) in [6.45, 7) is 1.74. The van der Waals surface area contributed by atoms with E-state index in [0.29, 0.717) is 11.3 Å². The summed E-state index contributed by atoms with van der Waals surface area (Å²) >= 11 is 0. The normalized spacial score (nSPS) is 10.3. The van der Waals surface area contributed by atoms with Gasteiger partial charge in [0.25, 0.3) is 0 Å². The Balaban J connectivity index is 2.09. The van der Waals surface area contributed by atoms with Crippen LogP contribution in [0.2, 0.25) is 0 Å². The van der Waals surface area contributed by atoms with Crippen LogP contribution in [0.15, 0.2) is 34.7 Å². The second kappa shape index (κ2) is 5.53. The van der Waals surface area contributed by atoms with Gasteiger partial charge in [0.05, 0.1) is 0 Å². The van der Waals surface area contributed by atoms with Crippen molar-refractivity contribution in [3.63, 3.8) is 0 Å². The third-order valence-electron chi connectivity index (χ3n) is 2.51. The number of nitrogens with one attached hydrogen (secondary N) is 1. The summed E-state index contributed by atoms with van der Waals surface area (Å²) in [7, 11) is 0. The lowest BCUT2D eigenvalue weighted by molar-refractivity contribution is 0.0921. The zero-order valence-electron chi connectivity index (χ0n) is 10.3. The minimum absolute atomic E-state index is 0.0274. The van der Waals surface area contributed by atoms with E-state index in [1.807, 2.05) is 5.43 Å². The van der Waals surface area contributed by atoms with Crippen molar-refractivity contribution in [2.45, 2.75) is 13.5 Å². The number of furan rings is 1. The SMILES string of the molecule is Cc1cc(COc2ccccc2F)oc1C(=O)NN. The van der Waals surface area contributed by atoms with Crippen LogP contribution in [0.3, 0.4) is 0 Å². The van der Waals surface area contributed by atoms with Crippen LogP contribution in [0, 0.1) is 12.7 Å². The van der Waals surface area contributed by atoms with Crippen LogP contribution in [0.25, 0.3) is 0 Å². The average molecular weight is 264 g/mol. The smallest absolute Gasteiger partial charge is 0.301 e. The van der Waals surface area contributed by atoms with Gasteiger partial charge < -0.3 is 9.15 Å². The number of nitrogens with two attached hydrogens (primary N) is 1. The zero-order chi connectivity index (χ0) is 13.8. The second-order valence-corrected chi connectivity index (χ2v) is 3.92. The third kappa shape index (κ3) is 2.92. The summed E-state index contributed by atoms with van der Waals surface area (Å²) in [5.41, 5.74) is 2.62. The minimum atomic E-state index is -0.519. The lowest BCUT2D eigenvalue weighted by atomic mass is 10.2. The highest BCUT2D eigenvalue weighted by molar-refractivity contribution is 5.92. The molecule has 6 heteroatoms. The van der Waals surface area contributed by atoms with Gasteiger partial charge in [-0.15, -0.1) is 0 Å². The molecule has 0 bridgehead atoms. The summed E-state index contributed by atoms with van der Waals surface area (Å²) < 4.78 is 23.9. The first kappa shape index (κ1) is 13.1. The van der Waals surface area contributed by atoms with Crippen LogP contribution >= 0.6 is 0 Å². The number of carbonyl (C=O) groups is 1. The number of hydrazine groups is 1. The molecule has 0 spiro atoms. The number of hydrogen-bond acceptors (Lipinski definition) is 4. The van der Waals surface area contributed by atoms with Gasteiger partial charge in [-0.3, -0.25) is 10.2 Å². The lowest BCUT2D eigenvalue weighted by Crippen LogP contribution is -2.30. The van der Waals surface area contributed by atoms with Gasteiger partial charge in [0, 0.05) is 5.56 Å². The van der Waals surface area contributed by atoms with Gasteiger partial charge in [0.15, 0.2) is 17.3 Å². The van der Waals surface area contributed by atoms with Crippen molar-refractivity contribution in [3.05, 3.63) is 53.2 Å². The number of para-hydroxylation sites is 1. The van der Waals surface area contributed by atoms with Gasteiger partial charge in [-0.2, -0.15) is 0 Å². The number of halogens is 1. The molecule has 0 saturated heterocycles. The Kier molecular flexibility index (Phi) is 3.82. The van der Waals surface area contributed by atoms with Crippen molar-refractivity contribution < 1.29 is 18.3 Å². The monoisotopic (exact) mass is 264 g/mol. The molecule has 1 amide bonds. The summed E-state index contributed by atoms with van der Waals surface area (Å²) in [5, 5.41) is 0. The Morgan fingerprint density at radius 3 is 2.89 bits per heavy atom. The largest absolute Gasteiger partial charge is 0.483 e. The molecule has 0 fully saturated rings. The molecule has 1 heterocycles. The van der Waals surface area contributed by atoms with E-state index >= 15 is 0 Å². The first-order chi connectivity index (χ1) is 9.11. The Morgan fingerprint density at radius 1 is 1.47 bits per heavy atom. The van der Waals surface area contributed by atoms with Crippen LogP contribution < -0.4 is 16.0 Å². The van der Waals surface area contributed by atoms with E-state index in [1.54, 1.807) is 25.1 Å².